The number of rotatable bonds is 4. The number of hydrogen-bond acceptors (Lipinski definition) is 6. The molecule has 104 valence electrons. The van der Waals surface area contributed by atoms with Crippen molar-refractivity contribution in [3.63, 3.8) is 0 Å². The minimum atomic E-state index is -0.473. The molecule has 0 spiro atoms. The Morgan fingerprint density at radius 1 is 1.35 bits per heavy atom. The standard InChI is InChI=1S/C12H10ClN3O4/c1-7-5-8(16(17)18)3-4-9(7)20-12-10(19-2)11(13)14-6-15-12/h3-6H,1-2H3. The van der Waals surface area contributed by atoms with E-state index in [2.05, 4.69) is 9.97 Å². The Kier molecular flexibility index (Phi) is 3.99. The molecule has 0 saturated heterocycles. The van der Waals surface area contributed by atoms with E-state index >= 15 is 0 Å². The number of aromatic nitrogens is 2. The number of nitro benzene ring substituents is 1. The molecule has 2 rings (SSSR count). The van der Waals surface area contributed by atoms with E-state index in [1.807, 2.05) is 0 Å². The van der Waals surface area contributed by atoms with Gasteiger partial charge in [0.25, 0.3) is 11.6 Å². The summed E-state index contributed by atoms with van der Waals surface area (Å²) in [7, 11) is 1.42. The van der Waals surface area contributed by atoms with Gasteiger partial charge in [-0.25, -0.2) is 4.98 Å². The first-order valence-corrected chi connectivity index (χ1v) is 5.88. The second-order valence-corrected chi connectivity index (χ2v) is 4.17. The van der Waals surface area contributed by atoms with Crippen LogP contribution in [0.5, 0.6) is 17.4 Å². The predicted molar refractivity (Wildman–Crippen MR) is 71.5 cm³/mol. The van der Waals surface area contributed by atoms with Crippen LogP contribution in [0.3, 0.4) is 0 Å². The Morgan fingerprint density at radius 2 is 2.10 bits per heavy atom. The largest absolute Gasteiger partial charge is 0.489 e. The van der Waals surface area contributed by atoms with Crippen molar-refractivity contribution >= 4 is 17.3 Å². The van der Waals surface area contributed by atoms with E-state index in [9.17, 15) is 10.1 Å². The summed E-state index contributed by atoms with van der Waals surface area (Å²) in [5.41, 5.74) is 0.582. The lowest BCUT2D eigenvalue weighted by Gasteiger charge is -2.11. The van der Waals surface area contributed by atoms with Gasteiger partial charge in [-0.15, -0.1) is 0 Å². The summed E-state index contributed by atoms with van der Waals surface area (Å²) >= 11 is 5.86. The lowest BCUT2D eigenvalue weighted by atomic mass is 10.2. The number of methoxy groups -OCH3 is 1. The molecule has 1 aromatic carbocycles. The highest BCUT2D eigenvalue weighted by molar-refractivity contribution is 6.31. The number of nitro groups is 1. The zero-order valence-electron chi connectivity index (χ0n) is 10.7. The molecule has 0 saturated carbocycles. The average molecular weight is 296 g/mol. The number of hydrogen-bond donors (Lipinski definition) is 0. The summed E-state index contributed by atoms with van der Waals surface area (Å²) in [5.74, 6) is 0.764. The van der Waals surface area contributed by atoms with Crippen molar-refractivity contribution in [3.05, 3.63) is 45.4 Å². The van der Waals surface area contributed by atoms with E-state index < -0.39 is 4.92 Å². The zero-order chi connectivity index (χ0) is 14.7. The highest BCUT2D eigenvalue weighted by atomic mass is 35.5. The number of halogens is 1. The van der Waals surface area contributed by atoms with Gasteiger partial charge in [0.2, 0.25) is 5.75 Å². The molecule has 0 N–H and O–H groups in total. The maximum Gasteiger partial charge on any atom is 0.269 e. The summed E-state index contributed by atoms with van der Waals surface area (Å²) in [4.78, 5) is 17.9. The average Bonchev–Trinajstić information content (AvgIpc) is 2.41. The molecule has 2 aromatic rings. The molecule has 0 aliphatic heterocycles. The van der Waals surface area contributed by atoms with Crippen molar-refractivity contribution in [3.8, 4) is 17.4 Å². The molecule has 0 aliphatic carbocycles. The van der Waals surface area contributed by atoms with Gasteiger partial charge in [0, 0.05) is 12.1 Å². The first kappa shape index (κ1) is 14.0. The molecule has 0 aliphatic rings. The minimum Gasteiger partial charge on any atom is -0.489 e. The summed E-state index contributed by atoms with van der Waals surface area (Å²) in [6.07, 6.45) is 1.24. The predicted octanol–water partition coefficient (Wildman–Crippen LogP) is 3.15. The van der Waals surface area contributed by atoms with Crippen LogP contribution < -0.4 is 9.47 Å². The lowest BCUT2D eigenvalue weighted by molar-refractivity contribution is -0.384. The van der Waals surface area contributed by atoms with Crippen molar-refractivity contribution in [1.29, 1.82) is 0 Å². The fourth-order valence-electron chi connectivity index (χ4n) is 1.55. The van der Waals surface area contributed by atoms with Crippen LogP contribution in [0.15, 0.2) is 24.5 Å². The first-order valence-electron chi connectivity index (χ1n) is 5.50. The van der Waals surface area contributed by atoms with Crippen LogP contribution in [0.4, 0.5) is 5.69 Å². The number of non-ortho nitro benzene ring substituents is 1. The Morgan fingerprint density at radius 3 is 2.70 bits per heavy atom. The Hall–Kier alpha value is -2.41. The third kappa shape index (κ3) is 2.77. The van der Waals surface area contributed by atoms with E-state index in [1.54, 1.807) is 6.92 Å². The van der Waals surface area contributed by atoms with E-state index in [4.69, 9.17) is 21.1 Å². The molecule has 0 amide bonds. The first-order chi connectivity index (χ1) is 9.52. The fraction of sp³-hybridized carbons (Fsp3) is 0.167. The van der Waals surface area contributed by atoms with Crippen molar-refractivity contribution in [2.45, 2.75) is 6.92 Å². The second-order valence-electron chi connectivity index (χ2n) is 3.81. The topological polar surface area (TPSA) is 87.4 Å². The molecule has 0 bridgehead atoms. The maximum absolute atomic E-state index is 10.7. The zero-order valence-corrected chi connectivity index (χ0v) is 11.4. The molecule has 7 nitrogen and oxygen atoms in total. The Bertz CT molecular complexity index is 663. The number of aryl methyl sites for hydroxylation is 1. The highest BCUT2D eigenvalue weighted by Crippen LogP contribution is 2.35. The van der Waals surface area contributed by atoms with Crippen LogP contribution in [0, 0.1) is 17.0 Å². The summed E-state index contributed by atoms with van der Waals surface area (Å²) < 4.78 is 10.6. The van der Waals surface area contributed by atoms with Gasteiger partial charge in [0.1, 0.15) is 12.1 Å². The highest BCUT2D eigenvalue weighted by Gasteiger charge is 2.15. The lowest BCUT2D eigenvalue weighted by Crippen LogP contribution is -1.97. The van der Waals surface area contributed by atoms with E-state index in [1.165, 1.54) is 31.6 Å². The van der Waals surface area contributed by atoms with Crippen LogP contribution in [-0.4, -0.2) is 22.0 Å². The van der Waals surface area contributed by atoms with E-state index in [-0.39, 0.29) is 22.5 Å². The monoisotopic (exact) mass is 295 g/mol. The molecule has 0 atom stereocenters. The van der Waals surface area contributed by atoms with Gasteiger partial charge < -0.3 is 9.47 Å². The quantitative estimate of drug-likeness (QED) is 0.489. The van der Waals surface area contributed by atoms with Crippen molar-refractivity contribution < 1.29 is 14.4 Å². The Balaban J connectivity index is 2.36. The van der Waals surface area contributed by atoms with Gasteiger partial charge in [0.15, 0.2) is 5.15 Å². The summed E-state index contributed by atoms with van der Waals surface area (Å²) in [6.45, 7) is 1.69. The molecular formula is C12H10ClN3O4. The van der Waals surface area contributed by atoms with Crippen molar-refractivity contribution in [2.24, 2.45) is 0 Å². The fourth-order valence-corrected chi connectivity index (χ4v) is 1.75. The van der Waals surface area contributed by atoms with Crippen LogP contribution in [0.2, 0.25) is 5.15 Å². The van der Waals surface area contributed by atoms with Gasteiger partial charge >= 0.3 is 0 Å². The molecule has 20 heavy (non-hydrogen) atoms. The minimum absolute atomic E-state index is 0.0115. The molecule has 0 fully saturated rings. The number of benzene rings is 1. The molecule has 0 radical (unpaired) electrons. The van der Waals surface area contributed by atoms with Gasteiger partial charge in [-0.05, 0) is 18.6 Å². The van der Waals surface area contributed by atoms with Crippen molar-refractivity contribution in [2.75, 3.05) is 7.11 Å². The molecule has 0 unspecified atom stereocenters. The normalized spacial score (nSPS) is 10.2. The SMILES string of the molecule is COc1c(Cl)ncnc1Oc1ccc([N+](=O)[O-])cc1C. The van der Waals surface area contributed by atoms with Crippen LogP contribution in [0.25, 0.3) is 0 Å². The third-order valence-electron chi connectivity index (χ3n) is 2.51. The third-order valence-corrected chi connectivity index (χ3v) is 2.78. The van der Waals surface area contributed by atoms with Crippen LogP contribution >= 0.6 is 11.6 Å². The molecule has 1 aromatic heterocycles. The molecule has 1 heterocycles. The van der Waals surface area contributed by atoms with Gasteiger partial charge in [-0.2, -0.15) is 4.98 Å². The summed E-state index contributed by atoms with van der Waals surface area (Å²) in [5, 5.41) is 10.8. The maximum atomic E-state index is 10.7. The van der Waals surface area contributed by atoms with Crippen molar-refractivity contribution in [1.82, 2.24) is 9.97 Å². The van der Waals surface area contributed by atoms with Crippen LogP contribution in [-0.2, 0) is 0 Å². The summed E-state index contributed by atoms with van der Waals surface area (Å²) in [6, 6.07) is 4.24. The van der Waals surface area contributed by atoms with Crippen LogP contribution in [0.1, 0.15) is 5.56 Å². The molecular weight excluding hydrogens is 286 g/mol. The Labute approximate surface area is 119 Å². The smallest absolute Gasteiger partial charge is 0.269 e. The number of nitrogens with zero attached hydrogens (tertiary/aromatic N) is 3. The van der Waals surface area contributed by atoms with Gasteiger partial charge in [0.05, 0.1) is 12.0 Å². The van der Waals surface area contributed by atoms with E-state index in [0.29, 0.717) is 11.3 Å². The second kappa shape index (κ2) is 5.70. The van der Waals surface area contributed by atoms with E-state index in [0.717, 1.165) is 0 Å². The van der Waals surface area contributed by atoms with Gasteiger partial charge in [-0.1, -0.05) is 11.6 Å². The number of ether oxygens (including phenoxy) is 2. The van der Waals surface area contributed by atoms with Gasteiger partial charge in [-0.3, -0.25) is 10.1 Å². The molecule has 8 heteroatoms.